The molecular formula is C34H41N5O3. The predicted molar refractivity (Wildman–Crippen MR) is 168 cm³/mol. The molecule has 0 aliphatic carbocycles. The molecule has 1 aromatic heterocycles. The first-order chi connectivity index (χ1) is 20.0. The highest BCUT2D eigenvalue weighted by atomic mass is 16.5. The van der Waals surface area contributed by atoms with Crippen molar-refractivity contribution in [3.8, 4) is 5.75 Å². The van der Waals surface area contributed by atoms with E-state index in [1.165, 1.54) is 23.2 Å². The summed E-state index contributed by atoms with van der Waals surface area (Å²) >= 11 is 0. The van der Waals surface area contributed by atoms with Crippen molar-refractivity contribution in [1.29, 1.82) is 0 Å². The molecule has 220 valence electrons. The fourth-order valence-electron chi connectivity index (χ4n) is 6.18. The normalized spacial score (nSPS) is 14.5. The first kappa shape index (κ1) is 29.4. The first-order valence-electron chi connectivity index (χ1n) is 14.3. The molecular weight excluding hydrogens is 526 g/mol. The summed E-state index contributed by atoms with van der Waals surface area (Å²) in [6, 6.07) is 18.7. The van der Waals surface area contributed by atoms with Gasteiger partial charge in [0.1, 0.15) is 17.9 Å². The van der Waals surface area contributed by atoms with Gasteiger partial charge >= 0.3 is 5.97 Å². The molecule has 0 spiro atoms. The summed E-state index contributed by atoms with van der Waals surface area (Å²) in [6.07, 6.45) is 1.81. The Labute approximate surface area is 248 Å². The minimum absolute atomic E-state index is 0.283. The van der Waals surface area contributed by atoms with Crippen molar-refractivity contribution in [2.45, 2.75) is 46.7 Å². The van der Waals surface area contributed by atoms with Gasteiger partial charge in [0.2, 0.25) is 0 Å². The van der Waals surface area contributed by atoms with E-state index in [2.05, 4.69) is 53.2 Å². The molecule has 1 aliphatic rings. The quantitative estimate of drug-likeness (QED) is 0.131. The Kier molecular flexibility index (Phi) is 8.12. The topological polar surface area (TPSA) is 107 Å². The maximum atomic E-state index is 13.2. The minimum atomic E-state index is -0.863. The molecule has 1 unspecified atom stereocenters. The summed E-state index contributed by atoms with van der Waals surface area (Å²) < 4.78 is 11.5. The molecule has 0 amide bonds. The van der Waals surface area contributed by atoms with E-state index in [9.17, 15) is 4.79 Å². The highest BCUT2D eigenvalue weighted by Gasteiger charge is 2.41. The number of aromatic nitrogens is 1. The summed E-state index contributed by atoms with van der Waals surface area (Å²) in [5.74, 6) is 6.33. The van der Waals surface area contributed by atoms with E-state index in [4.69, 9.17) is 21.1 Å². The summed E-state index contributed by atoms with van der Waals surface area (Å²) in [6.45, 7) is 10.9. The molecule has 0 saturated heterocycles. The fourth-order valence-corrected chi connectivity index (χ4v) is 6.18. The van der Waals surface area contributed by atoms with Gasteiger partial charge < -0.3 is 20.2 Å². The fraction of sp³-hybridized carbons (Fsp3) is 0.353. The molecule has 2 heterocycles. The van der Waals surface area contributed by atoms with Crippen molar-refractivity contribution in [3.05, 3.63) is 94.2 Å². The molecule has 1 aliphatic heterocycles. The van der Waals surface area contributed by atoms with Crippen LogP contribution in [-0.2, 0) is 22.6 Å². The smallest absolute Gasteiger partial charge is 0.312 e. The Bertz CT molecular complexity index is 1630. The standard InChI is InChI=1S/C34H41N5O3/c1-21-9-10-24(29(34(3,4)33(40)41-6)27-13-14-28(38(5)36)30(35)22(27)2)18-26(21)20-39-16-17-42-32-25(19-39)12-11-23-8-7-15-37-31(23)32/h7-15,18,29H,16-17,19-20,35-36H2,1-6H3. The van der Waals surface area contributed by atoms with Crippen molar-refractivity contribution in [2.75, 3.05) is 38.1 Å². The van der Waals surface area contributed by atoms with Crippen LogP contribution >= 0.6 is 0 Å². The zero-order valence-electron chi connectivity index (χ0n) is 25.4. The van der Waals surface area contributed by atoms with E-state index in [-0.39, 0.29) is 11.9 Å². The third-order valence-electron chi connectivity index (χ3n) is 8.62. The van der Waals surface area contributed by atoms with E-state index < -0.39 is 5.41 Å². The van der Waals surface area contributed by atoms with Crippen LogP contribution in [0.1, 0.15) is 53.1 Å². The summed E-state index contributed by atoms with van der Waals surface area (Å²) in [7, 11) is 3.20. The van der Waals surface area contributed by atoms with Crippen LogP contribution in [0.4, 0.5) is 11.4 Å². The average molecular weight is 568 g/mol. The molecule has 0 fully saturated rings. The number of fused-ring (bicyclic) bond motifs is 3. The van der Waals surface area contributed by atoms with Gasteiger partial charge in [-0.3, -0.25) is 14.7 Å². The number of nitrogen functional groups attached to an aromatic ring is 1. The van der Waals surface area contributed by atoms with Gasteiger partial charge in [0.15, 0.2) is 0 Å². The number of methoxy groups -OCH3 is 1. The van der Waals surface area contributed by atoms with E-state index >= 15 is 0 Å². The van der Waals surface area contributed by atoms with Crippen LogP contribution in [0.15, 0.2) is 60.8 Å². The molecule has 5 rings (SSSR count). The van der Waals surface area contributed by atoms with Gasteiger partial charge in [0, 0.05) is 49.7 Å². The molecule has 8 heteroatoms. The van der Waals surface area contributed by atoms with Gasteiger partial charge in [-0.15, -0.1) is 0 Å². The molecule has 3 aromatic carbocycles. The second-order valence-corrected chi connectivity index (χ2v) is 11.8. The summed E-state index contributed by atoms with van der Waals surface area (Å²) in [5.41, 5.74) is 14.4. The van der Waals surface area contributed by atoms with Crippen LogP contribution in [0.3, 0.4) is 0 Å². The number of rotatable bonds is 7. The largest absolute Gasteiger partial charge is 0.490 e. The van der Waals surface area contributed by atoms with Crippen molar-refractivity contribution in [3.63, 3.8) is 0 Å². The maximum Gasteiger partial charge on any atom is 0.312 e. The number of benzene rings is 3. The highest BCUT2D eigenvalue weighted by Crippen LogP contribution is 2.45. The molecule has 42 heavy (non-hydrogen) atoms. The van der Waals surface area contributed by atoms with Gasteiger partial charge in [-0.05, 0) is 67.6 Å². The highest BCUT2D eigenvalue weighted by molar-refractivity contribution is 5.85. The summed E-state index contributed by atoms with van der Waals surface area (Å²) in [5, 5.41) is 2.59. The molecule has 4 aromatic rings. The maximum absolute atomic E-state index is 13.2. The zero-order chi connectivity index (χ0) is 30.2. The van der Waals surface area contributed by atoms with Crippen molar-refractivity contribution in [2.24, 2.45) is 11.3 Å². The number of esters is 1. The van der Waals surface area contributed by atoms with Crippen LogP contribution in [0.2, 0.25) is 0 Å². The third-order valence-corrected chi connectivity index (χ3v) is 8.62. The van der Waals surface area contributed by atoms with Crippen LogP contribution in [0, 0.1) is 19.3 Å². The second kappa shape index (κ2) is 11.6. The van der Waals surface area contributed by atoms with E-state index in [1.54, 1.807) is 7.05 Å². The molecule has 4 N–H and O–H groups in total. The monoisotopic (exact) mass is 567 g/mol. The molecule has 1 atom stereocenters. The number of carbonyl (C=O) groups excluding carboxylic acids is 1. The van der Waals surface area contributed by atoms with E-state index in [1.807, 2.05) is 45.2 Å². The lowest BCUT2D eigenvalue weighted by molar-refractivity contribution is -0.151. The Morgan fingerprint density at radius 1 is 1.17 bits per heavy atom. The lowest BCUT2D eigenvalue weighted by atomic mass is 9.69. The second-order valence-electron chi connectivity index (χ2n) is 11.8. The summed E-state index contributed by atoms with van der Waals surface area (Å²) in [4.78, 5) is 20.2. The Morgan fingerprint density at radius 3 is 2.69 bits per heavy atom. The van der Waals surface area contributed by atoms with Crippen LogP contribution in [0.5, 0.6) is 5.75 Å². The Morgan fingerprint density at radius 2 is 1.95 bits per heavy atom. The Hall–Kier alpha value is -4.14. The first-order valence-corrected chi connectivity index (χ1v) is 14.3. The van der Waals surface area contributed by atoms with Crippen molar-refractivity contribution in [1.82, 2.24) is 9.88 Å². The zero-order valence-corrected chi connectivity index (χ0v) is 25.4. The van der Waals surface area contributed by atoms with Crippen LogP contribution in [0.25, 0.3) is 10.9 Å². The number of hydrogen-bond acceptors (Lipinski definition) is 8. The number of aryl methyl sites for hydroxylation is 1. The van der Waals surface area contributed by atoms with Crippen LogP contribution < -0.4 is 21.3 Å². The Balaban J connectivity index is 1.53. The number of hydrogen-bond donors (Lipinski definition) is 2. The number of nitrogens with two attached hydrogens (primary N) is 2. The number of ether oxygens (including phenoxy) is 2. The number of hydrazine groups is 1. The minimum Gasteiger partial charge on any atom is -0.490 e. The van der Waals surface area contributed by atoms with Gasteiger partial charge in [0.25, 0.3) is 0 Å². The molecule has 0 bridgehead atoms. The average Bonchev–Trinajstić information content (AvgIpc) is 3.18. The number of carbonyl (C=O) groups is 1. The van der Waals surface area contributed by atoms with Crippen molar-refractivity contribution >= 4 is 28.2 Å². The van der Waals surface area contributed by atoms with Crippen molar-refractivity contribution < 1.29 is 14.3 Å². The van der Waals surface area contributed by atoms with Gasteiger partial charge in [0.05, 0.1) is 23.9 Å². The lowest BCUT2D eigenvalue weighted by Gasteiger charge is -2.35. The third kappa shape index (κ3) is 5.40. The van der Waals surface area contributed by atoms with Gasteiger partial charge in [-0.2, -0.15) is 0 Å². The number of anilines is 2. The van der Waals surface area contributed by atoms with Gasteiger partial charge in [-0.1, -0.05) is 42.5 Å². The molecule has 0 radical (unpaired) electrons. The van der Waals surface area contributed by atoms with E-state index in [0.29, 0.717) is 12.3 Å². The lowest BCUT2D eigenvalue weighted by Crippen LogP contribution is -2.34. The number of pyridine rings is 1. The SMILES string of the molecule is COC(=O)C(C)(C)C(c1ccc(C)c(CN2CCOc3c(ccc4cccnc34)C2)c1)c1ccc(N(C)N)c(N)c1C. The predicted octanol–water partition coefficient (Wildman–Crippen LogP) is 5.47. The van der Waals surface area contributed by atoms with Gasteiger partial charge in [-0.25, -0.2) is 5.84 Å². The molecule has 8 nitrogen and oxygen atoms in total. The molecule has 0 saturated carbocycles. The van der Waals surface area contributed by atoms with E-state index in [0.717, 1.165) is 64.2 Å². The van der Waals surface area contributed by atoms with Crippen LogP contribution in [-0.4, -0.2) is 43.2 Å². The number of nitrogens with zero attached hydrogens (tertiary/aromatic N) is 3.